The van der Waals surface area contributed by atoms with Gasteiger partial charge in [-0.25, -0.2) is 0 Å². The van der Waals surface area contributed by atoms with Crippen molar-refractivity contribution in [3.8, 4) is 0 Å². The number of rotatable bonds is 4. The van der Waals surface area contributed by atoms with E-state index in [0.29, 0.717) is 18.0 Å². The van der Waals surface area contributed by atoms with Gasteiger partial charge in [-0.1, -0.05) is 24.3 Å². The zero-order valence-corrected chi connectivity index (χ0v) is 11.4. The van der Waals surface area contributed by atoms with E-state index < -0.39 is 0 Å². The molecular formula is C15H20N4O. The molecule has 1 saturated heterocycles. The van der Waals surface area contributed by atoms with E-state index >= 15 is 0 Å². The van der Waals surface area contributed by atoms with Crippen molar-refractivity contribution in [2.75, 3.05) is 6.54 Å². The number of amides is 1. The lowest BCUT2D eigenvalue weighted by molar-refractivity contribution is -0.125. The SMILES string of the molecule is N=C(N)c1ccc(CNC(=O)[C@]23C[C@H]2CCCN3)cc1. The lowest BCUT2D eigenvalue weighted by atomic mass is 10.0. The first-order valence-corrected chi connectivity index (χ1v) is 7.08. The molecule has 0 radical (unpaired) electrons. The van der Waals surface area contributed by atoms with Gasteiger partial charge in [0, 0.05) is 12.1 Å². The number of fused-ring (bicyclic) bond motifs is 1. The molecule has 5 N–H and O–H groups in total. The number of hydrogen-bond acceptors (Lipinski definition) is 3. The molecule has 1 aromatic carbocycles. The van der Waals surface area contributed by atoms with Crippen molar-refractivity contribution in [1.29, 1.82) is 5.41 Å². The molecule has 1 heterocycles. The molecule has 0 aromatic heterocycles. The average Bonchev–Trinajstić information content (AvgIpc) is 3.21. The highest BCUT2D eigenvalue weighted by molar-refractivity contribution is 5.95. The summed E-state index contributed by atoms with van der Waals surface area (Å²) in [5, 5.41) is 13.7. The third-order valence-electron chi connectivity index (χ3n) is 4.40. The van der Waals surface area contributed by atoms with Gasteiger partial charge in [0.25, 0.3) is 0 Å². The number of hydrogen-bond donors (Lipinski definition) is 4. The number of carbonyl (C=O) groups is 1. The van der Waals surface area contributed by atoms with Gasteiger partial charge in [-0.2, -0.15) is 0 Å². The van der Waals surface area contributed by atoms with Gasteiger partial charge >= 0.3 is 0 Å². The first kappa shape index (κ1) is 13.1. The Hall–Kier alpha value is -1.88. The minimum Gasteiger partial charge on any atom is -0.384 e. The second-order valence-corrected chi connectivity index (χ2v) is 5.73. The lowest BCUT2D eigenvalue weighted by Gasteiger charge is -2.23. The van der Waals surface area contributed by atoms with Crippen LogP contribution in [0.1, 0.15) is 30.4 Å². The zero-order chi connectivity index (χ0) is 14.2. The van der Waals surface area contributed by atoms with Crippen LogP contribution in [0.2, 0.25) is 0 Å². The highest BCUT2D eigenvalue weighted by Crippen LogP contribution is 2.48. The summed E-state index contributed by atoms with van der Waals surface area (Å²) in [6.45, 7) is 1.46. The van der Waals surface area contributed by atoms with Crippen LogP contribution in [0, 0.1) is 11.3 Å². The van der Waals surface area contributed by atoms with Gasteiger partial charge in [0.15, 0.2) is 0 Å². The molecule has 1 saturated carbocycles. The number of nitrogens with one attached hydrogen (secondary N) is 3. The zero-order valence-electron chi connectivity index (χ0n) is 11.4. The average molecular weight is 272 g/mol. The topological polar surface area (TPSA) is 91.0 Å². The Bertz CT molecular complexity index is 539. The third kappa shape index (κ3) is 2.29. The molecule has 106 valence electrons. The third-order valence-corrected chi connectivity index (χ3v) is 4.40. The molecule has 3 rings (SSSR count). The summed E-state index contributed by atoms with van der Waals surface area (Å²) in [5.74, 6) is 0.709. The molecule has 1 amide bonds. The molecular weight excluding hydrogens is 252 g/mol. The van der Waals surface area contributed by atoms with E-state index in [9.17, 15) is 4.79 Å². The maximum Gasteiger partial charge on any atom is 0.240 e. The molecule has 0 spiro atoms. The van der Waals surface area contributed by atoms with Gasteiger partial charge in [0.1, 0.15) is 11.4 Å². The van der Waals surface area contributed by atoms with E-state index in [1.807, 2.05) is 12.1 Å². The number of benzene rings is 1. The Kier molecular flexibility index (Phi) is 3.22. The molecule has 2 fully saturated rings. The van der Waals surface area contributed by atoms with Gasteiger partial charge in [-0.15, -0.1) is 0 Å². The van der Waals surface area contributed by atoms with E-state index in [2.05, 4.69) is 10.6 Å². The largest absolute Gasteiger partial charge is 0.384 e. The van der Waals surface area contributed by atoms with Gasteiger partial charge < -0.3 is 16.4 Å². The Morgan fingerprint density at radius 1 is 1.45 bits per heavy atom. The van der Waals surface area contributed by atoms with Crippen LogP contribution in [0.15, 0.2) is 24.3 Å². The maximum atomic E-state index is 12.3. The second kappa shape index (κ2) is 4.90. The quantitative estimate of drug-likeness (QED) is 0.481. The monoisotopic (exact) mass is 272 g/mol. The smallest absolute Gasteiger partial charge is 0.240 e. The van der Waals surface area contributed by atoms with Gasteiger partial charge in [-0.05, 0) is 37.3 Å². The van der Waals surface area contributed by atoms with Crippen LogP contribution in [-0.4, -0.2) is 23.8 Å². The number of nitrogens with two attached hydrogens (primary N) is 1. The molecule has 20 heavy (non-hydrogen) atoms. The minimum atomic E-state index is -0.280. The van der Waals surface area contributed by atoms with Crippen LogP contribution in [0.25, 0.3) is 0 Å². The highest BCUT2D eigenvalue weighted by atomic mass is 16.2. The number of carbonyl (C=O) groups excluding carboxylic acids is 1. The molecule has 5 nitrogen and oxygen atoms in total. The molecule has 2 aliphatic rings. The van der Waals surface area contributed by atoms with Crippen LogP contribution in [0.3, 0.4) is 0 Å². The van der Waals surface area contributed by atoms with Gasteiger partial charge in [-0.3, -0.25) is 10.2 Å². The van der Waals surface area contributed by atoms with Crippen LogP contribution in [0.4, 0.5) is 0 Å². The van der Waals surface area contributed by atoms with Crippen molar-refractivity contribution < 1.29 is 4.79 Å². The van der Waals surface area contributed by atoms with E-state index in [-0.39, 0.29) is 17.3 Å². The number of nitrogen functional groups attached to an aromatic ring is 1. The predicted molar refractivity (Wildman–Crippen MR) is 77.4 cm³/mol. The lowest BCUT2D eigenvalue weighted by Crippen LogP contribution is -2.50. The van der Waals surface area contributed by atoms with Crippen molar-refractivity contribution in [3.05, 3.63) is 35.4 Å². The Morgan fingerprint density at radius 3 is 2.85 bits per heavy atom. The summed E-state index contributed by atoms with van der Waals surface area (Å²) in [5.41, 5.74) is 6.86. The maximum absolute atomic E-state index is 12.3. The fourth-order valence-electron chi connectivity index (χ4n) is 3.06. The van der Waals surface area contributed by atoms with Crippen molar-refractivity contribution >= 4 is 11.7 Å². The van der Waals surface area contributed by atoms with E-state index in [1.165, 1.54) is 6.42 Å². The van der Waals surface area contributed by atoms with Gasteiger partial charge in [0.2, 0.25) is 5.91 Å². The molecule has 1 aliphatic heterocycles. The standard InChI is InChI=1S/C15H20N4O/c16-13(17)11-5-3-10(4-6-11)9-18-14(20)15-8-12(15)2-1-7-19-15/h3-6,12,19H,1-2,7-9H2,(H3,16,17)(H,18,20)/t12-,15+/m1/s1. The number of piperidine rings is 1. The van der Waals surface area contributed by atoms with E-state index in [1.54, 1.807) is 12.1 Å². The summed E-state index contributed by atoms with van der Waals surface area (Å²) in [4.78, 5) is 12.3. The molecule has 2 atom stereocenters. The summed E-state index contributed by atoms with van der Waals surface area (Å²) in [6, 6.07) is 7.41. The highest BCUT2D eigenvalue weighted by Gasteiger charge is 2.60. The molecule has 1 aliphatic carbocycles. The van der Waals surface area contributed by atoms with Crippen molar-refractivity contribution in [3.63, 3.8) is 0 Å². The van der Waals surface area contributed by atoms with Crippen LogP contribution < -0.4 is 16.4 Å². The summed E-state index contributed by atoms with van der Waals surface area (Å²) in [7, 11) is 0. The first-order chi connectivity index (χ1) is 9.62. The van der Waals surface area contributed by atoms with Crippen LogP contribution >= 0.6 is 0 Å². The van der Waals surface area contributed by atoms with Crippen LogP contribution in [0.5, 0.6) is 0 Å². The van der Waals surface area contributed by atoms with Crippen LogP contribution in [-0.2, 0) is 11.3 Å². The fourth-order valence-corrected chi connectivity index (χ4v) is 3.06. The summed E-state index contributed by atoms with van der Waals surface area (Å²) >= 11 is 0. The Morgan fingerprint density at radius 2 is 2.20 bits per heavy atom. The summed E-state index contributed by atoms with van der Waals surface area (Å²) in [6.07, 6.45) is 3.31. The van der Waals surface area contributed by atoms with Crippen molar-refractivity contribution in [2.24, 2.45) is 11.7 Å². The molecule has 0 bridgehead atoms. The second-order valence-electron chi connectivity index (χ2n) is 5.73. The predicted octanol–water partition coefficient (Wildman–Crippen LogP) is 0.729. The summed E-state index contributed by atoms with van der Waals surface area (Å²) < 4.78 is 0. The molecule has 1 aromatic rings. The van der Waals surface area contributed by atoms with E-state index in [0.717, 1.165) is 24.9 Å². The minimum absolute atomic E-state index is 0.0618. The molecule has 5 heteroatoms. The normalized spacial score (nSPS) is 27.5. The molecule has 0 unspecified atom stereocenters. The van der Waals surface area contributed by atoms with Crippen molar-refractivity contribution in [1.82, 2.24) is 10.6 Å². The Balaban J connectivity index is 1.57. The Labute approximate surface area is 118 Å². The van der Waals surface area contributed by atoms with E-state index in [4.69, 9.17) is 11.1 Å². The fraction of sp³-hybridized carbons (Fsp3) is 0.467. The first-order valence-electron chi connectivity index (χ1n) is 7.08. The number of amidine groups is 1. The van der Waals surface area contributed by atoms with Gasteiger partial charge in [0.05, 0.1) is 0 Å². The van der Waals surface area contributed by atoms with Crippen molar-refractivity contribution in [2.45, 2.75) is 31.3 Å².